The van der Waals surface area contributed by atoms with Crippen molar-refractivity contribution in [1.82, 2.24) is 9.97 Å². The number of hydrogen-bond acceptors (Lipinski definition) is 2. The first-order valence-electron chi connectivity index (χ1n) is 5.62. The summed E-state index contributed by atoms with van der Waals surface area (Å²) in [6, 6.07) is 10.5. The maximum atomic E-state index is 11.0. The molecule has 0 fully saturated rings. The lowest BCUT2D eigenvalue weighted by Gasteiger charge is -2.04. The zero-order valence-corrected chi connectivity index (χ0v) is 10.5. The van der Waals surface area contributed by atoms with Crippen molar-refractivity contribution in [3.05, 3.63) is 53.3 Å². The Morgan fingerprint density at radius 2 is 2.05 bits per heavy atom. The van der Waals surface area contributed by atoms with Crippen LogP contribution in [0.25, 0.3) is 22.2 Å². The van der Waals surface area contributed by atoms with E-state index in [1.54, 1.807) is 0 Å². The standard InChI is InChI=1S/C14H9ClN2O2/c15-13-7-10(14(18)19)6-12(17-13)8-1-2-11-9(5-8)3-4-16-11/h1-7,16H,(H,18,19). The monoisotopic (exact) mass is 272 g/mol. The van der Waals surface area contributed by atoms with E-state index in [4.69, 9.17) is 16.7 Å². The van der Waals surface area contributed by atoms with Crippen LogP contribution in [0.5, 0.6) is 0 Å². The Labute approximate surface area is 113 Å². The van der Waals surface area contributed by atoms with Crippen LogP contribution in [0.1, 0.15) is 10.4 Å². The van der Waals surface area contributed by atoms with E-state index >= 15 is 0 Å². The van der Waals surface area contributed by atoms with Crippen LogP contribution in [0.2, 0.25) is 5.15 Å². The number of H-pyrrole nitrogens is 1. The number of nitrogens with one attached hydrogen (secondary N) is 1. The van der Waals surface area contributed by atoms with Crippen molar-refractivity contribution >= 4 is 28.5 Å². The summed E-state index contributed by atoms with van der Waals surface area (Å²) in [7, 11) is 0. The van der Waals surface area contributed by atoms with Crippen molar-refractivity contribution < 1.29 is 9.90 Å². The van der Waals surface area contributed by atoms with Crippen molar-refractivity contribution in [2.45, 2.75) is 0 Å². The van der Waals surface area contributed by atoms with E-state index in [2.05, 4.69) is 9.97 Å². The van der Waals surface area contributed by atoms with Gasteiger partial charge in [-0.3, -0.25) is 0 Å². The molecule has 0 unspecified atom stereocenters. The number of rotatable bonds is 2. The second-order valence-corrected chi connectivity index (χ2v) is 4.54. The molecule has 0 saturated heterocycles. The van der Waals surface area contributed by atoms with Gasteiger partial charge >= 0.3 is 5.97 Å². The van der Waals surface area contributed by atoms with Crippen molar-refractivity contribution in [3.63, 3.8) is 0 Å². The minimum absolute atomic E-state index is 0.129. The first-order chi connectivity index (χ1) is 9.13. The van der Waals surface area contributed by atoms with Gasteiger partial charge in [-0.1, -0.05) is 17.7 Å². The van der Waals surface area contributed by atoms with Gasteiger partial charge in [0, 0.05) is 22.7 Å². The number of carbonyl (C=O) groups is 1. The molecule has 0 atom stereocenters. The summed E-state index contributed by atoms with van der Waals surface area (Å²) < 4.78 is 0. The highest BCUT2D eigenvalue weighted by molar-refractivity contribution is 6.29. The highest BCUT2D eigenvalue weighted by atomic mass is 35.5. The lowest BCUT2D eigenvalue weighted by molar-refractivity contribution is 0.0697. The fraction of sp³-hybridized carbons (Fsp3) is 0. The average Bonchev–Trinajstić information content (AvgIpc) is 2.85. The van der Waals surface area contributed by atoms with Crippen LogP contribution < -0.4 is 0 Å². The van der Waals surface area contributed by atoms with E-state index in [-0.39, 0.29) is 10.7 Å². The van der Waals surface area contributed by atoms with Crippen LogP contribution in [0.4, 0.5) is 0 Å². The van der Waals surface area contributed by atoms with Crippen LogP contribution in [0.3, 0.4) is 0 Å². The van der Waals surface area contributed by atoms with E-state index in [1.807, 2.05) is 30.5 Å². The number of nitrogens with zero attached hydrogens (tertiary/aromatic N) is 1. The molecule has 1 aromatic carbocycles. The second-order valence-electron chi connectivity index (χ2n) is 4.15. The van der Waals surface area contributed by atoms with Crippen LogP contribution >= 0.6 is 11.6 Å². The molecule has 19 heavy (non-hydrogen) atoms. The molecule has 4 nitrogen and oxygen atoms in total. The predicted octanol–water partition coefficient (Wildman–Crippen LogP) is 3.58. The molecule has 0 bridgehead atoms. The molecule has 0 spiro atoms. The van der Waals surface area contributed by atoms with Crippen LogP contribution in [-0.2, 0) is 0 Å². The van der Waals surface area contributed by atoms with E-state index in [9.17, 15) is 4.79 Å². The third-order valence-electron chi connectivity index (χ3n) is 2.89. The maximum absolute atomic E-state index is 11.0. The number of aromatic amines is 1. The van der Waals surface area contributed by atoms with Gasteiger partial charge in [-0.15, -0.1) is 0 Å². The van der Waals surface area contributed by atoms with Gasteiger partial charge in [0.15, 0.2) is 0 Å². The van der Waals surface area contributed by atoms with Crippen molar-refractivity contribution in [1.29, 1.82) is 0 Å². The molecule has 94 valence electrons. The first-order valence-corrected chi connectivity index (χ1v) is 6.00. The smallest absolute Gasteiger partial charge is 0.335 e. The maximum Gasteiger partial charge on any atom is 0.335 e. The van der Waals surface area contributed by atoms with Gasteiger partial charge in [0.1, 0.15) is 5.15 Å². The van der Waals surface area contributed by atoms with Gasteiger partial charge < -0.3 is 10.1 Å². The molecule has 0 amide bonds. The average molecular weight is 273 g/mol. The molecule has 3 rings (SSSR count). The molecule has 5 heteroatoms. The van der Waals surface area contributed by atoms with E-state index in [0.717, 1.165) is 16.5 Å². The summed E-state index contributed by atoms with van der Waals surface area (Å²) >= 11 is 5.86. The largest absolute Gasteiger partial charge is 0.478 e. The summed E-state index contributed by atoms with van der Waals surface area (Å²) in [6.45, 7) is 0. The number of benzene rings is 1. The van der Waals surface area contributed by atoms with Crippen molar-refractivity contribution in [3.8, 4) is 11.3 Å². The van der Waals surface area contributed by atoms with Gasteiger partial charge in [0.25, 0.3) is 0 Å². The van der Waals surface area contributed by atoms with Crippen LogP contribution in [0.15, 0.2) is 42.6 Å². The lowest BCUT2D eigenvalue weighted by atomic mass is 10.1. The molecule has 0 saturated carbocycles. The molecule has 0 aliphatic rings. The number of pyridine rings is 1. The number of hydrogen-bond donors (Lipinski definition) is 2. The van der Waals surface area contributed by atoms with Gasteiger partial charge in [-0.05, 0) is 30.3 Å². The summed E-state index contributed by atoms with van der Waals surface area (Å²) in [4.78, 5) is 18.3. The lowest BCUT2D eigenvalue weighted by Crippen LogP contribution is -1.98. The Kier molecular flexibility index (Phi) is 2.72. The molecule has 2 aromatic heterocycles. The molecule has 2 heterocycles. The summed E-state index contributed by atoms with van der Waals surface area (Å²) in [6.07, 6.45) is 1.85. The molecule has 0 radical (unpaired) electrons. The topological polar surface area (TPSA) is 66.0 Å². The van der Waals surface area contributed by atoms with Crippen LogP contribution in [-0.4, -0.2) is 21.0 Å². The third kappa shape index (κ3) is 2.18. The van der Waals surface area contributed by atoms with Gasteiger partial charge in [0.2, 0.25) is 0 Å². The number of carboxylic acid groups (broad SMARTS) is 1. The summed E-state index contributed by atoms with van der Waals surface area (Å²) in [5.41, 5.74) is 2.53. The molecule has 3 aromatic rings. The fourth-order valence-corrected chi connectivity index (χ4v) is 2.19. The number of aromatic nitrogens is 2. The number of halogens is 1. The molecule has 0 aliphatic heterocycles. The van der Waals surface area contributed by atoms with Crippen molar-refractivity contribution in [2.24, 2.45) is 0 Å². The van der Waals surface area contributed by atoms with Gasteiger partial charge in [-0.2, -0.15) is 0 Å². The number of aromatic carboxylic acids is 1. The zero-order chi connectivity index (χ0) is 13.4. The first kappa shape index (κ1) is 11.7. The molecular weight excluding hydrogens is 264 g/mol. The van der Waals surface area contributed by atoms with Gasteiger partial charge in [0.05, 0.1) is 11.3 Å². The van der Waals surface area contributed by atoms with E-state index in [1.165, 1.54) is 12.1 Å². The van der Waals surface area contributed by atoms with Crippen molar-refractivity contribution in [2.75, 3.05) is 0 Å². The Bertz CT molecular complexity index is 780. The normalized spacial score (nSPS) is 10.8. The summed E-state index contributed by atoms with van der Waals surface area (Å²) in [5, 5.41) is 10.2. The third-order valence-corrected chi connectivity index (χ3v) is 3.08. The van der Waals surface area contributed by atoms with E-state index < -0.39 is 5.97 Å². The molecule has 2 N–H and O–H groups in total. The fourth-order valence-electron chi connectivity index (χ4n) is 1.98. The Hall–Kier alpha value is -2.33. The summed E-state index contributed by atoms with van der Waals surface area (Å²) in [5.74, 6) is -1.02. The molecule has 0 aliphatic carbocycles. The second kappa shape index (κ2) is 4.40. The van der Waals surface area contributed by atoms with Gasteiger partial charge in [-0.25, -0.2) is 9.78 Å². The van der Waals surface area contributed by atoms with Crippen LogP contribution in [0, 0.1) is 0 Å². The quantitative estimate of drug-likeness (QED) is 0.701. The molecular formula is C14H9ClN2O2. The Morgan fingerprint density at radius 3 is 2.84 bits per heavy atom. The SMILES string of the molecule is O=C(O)c1cc(Cl)nc(-c2ccc3[nH]ccc3c2)c1. The Balaban J connectivity index is 2.17. The highest BCUT2D eigenvalue weighted by Gasteiger charge is 2.09. The minimum atomic E-state index is -1.02. The minimum Gasteiger partial charge on any atom is -0.478 e. The van der Waals surface area contributed by atoms with E-state index in [0.29, 0.717) is 5.69 Å². The Morgan fingerprint density at radius 1 is 1.21 bits per heavy atom. The highest BCUT2D eigenvalue weighted by Crippen LogP contribution is 2.25. The zero-order valence-electron chi connectivity index (χ0n) is 9.72. The number of carboxylic acids is 1. The predicted molar refractivity (Wildman–Crippen MR) is 73.5 cm³/mol. The number of fused-ring (bicyclic) bond motifs is 1.